The van der Waals surface area contributed by atoms with Gasteiger partial charge in [-0.15, -0.1) is 53.6 Å². The Balaban J connectivity index is 0.000000230. The van der Waals surface area contributed by atoms with Crippen molar-refractivity contribution in [2.75, 3.05) is 0 Å². The number of nitrogens with zero attached hydrogens (tertiary/aromatic N) is 3. The minimum absolute atomic E-state index is 0. The molecule has 0 spiro atoms. The van der Waals surface area contributed by atoms with Crippen molar-refractivity contribution in [1.29, 1.82) is 0 Å². The van der Waals surface area contributed by atoms with Crippen molar-refractivity contribution in [3.8, 4) is 50.6 Å². The standard InChI is InChI=1S/C43H35N2O.C17H20N.Ir/c1-27(2)36-24-32(30-16-9-6-10-17-30)25-37(28(3)4)41(36)45-39-21-12-11-20-38(39)44-43(45)35-19-13-18-34-33-23-22-31(26-40(33)46-42(34)35)29-14-7-5-8-15-29;1-12-6-8-14(9-7-12)16-10-15(17(3,4)5)13(2)11-18-16;/h5-18,20-28H,1-4H3;6-8,10-11H,1-5H3;/q2*-1;/i;1D3,2D3;. The van der Waals surface area contributed by atoms with E-state index < -0.39 is 13.7 Å². The third kappa shape index (κ3) is 9.01. The SMILES string of the molecule is CC(C)c1cc(-c2ccccc2)cc(C(C)C)c1-n1c(-c2[c-]ccc3c2oc2cc(-c4ccccc4)ccc23)nc2ccccc21.[2H]C([2H])([2H])c1c[c-]c(-c2cc(C(C)(C)C)c(C([2H])([2H])[2H])cn2)cc1.[Ir]. The van der Waals surface area contributed by atoms with Crippen molar-refractivity contribution in [1.82, 2.24) is 14.5 Å². The van der Waals surface area contributed by atoms with Gasteiger partial charge >= 0.3 is 0 Å². The molecule has 10 aromatic rings. The summed E-state index contributed by atoms with van der Waals surface area (Å²) < 4.78 is 54.4. The Labute approximate surface area is 406 Å². The van der Waals surface area contributed by atoms with Gasteiger partial charge < -0.3 is 14.0 Å². The summed E-state index contributed by atoms with van der Waals surface area (Å²) in [7, 11) is 0. The van der Waals surface area contributed by atoms with Gasteiger partial charge in [0.1, 0.15) is 5.58 Å². The molecule has 4 nitrogen and oxygen atoms in total. The second-order valence-corrected chi connectivity index (χ2v) is 18.1. The molecule has 327 valence electrons. The van der Waals surface area contributed by atoms with Crippen LogP contribution in [0.5, 0.6) is 0 Å². The fraction of sp³-hybridized carbons (Fsp3) is 0.200. The number of furan rings is 1. The monoisotopic (exact) mass is 1030 g/mol. The van der Waals surface area contributed by atoms with Gasteiger partial charge in [0.25, 0.3) is 0 Å². The number of hydrogen-bond acceptors (Lipinski definition) is 3. The first kappa shape index (κ1) is 37.9. The van der Waals surface area contributed by atoms with Crippen LogP contribution < -0.4 is 0 Å². The first-order valence-corrected chi connectivity index (χ1v) is 22.0. The summed E-state index contributed by atoms with van der Waals surface area (Å²) in [4.78, 5) is 9.55. The van der Waals surface area contributed by atoms with Crippen LogP contribution in [0.25, 0.3) is 83.6 Å². The minimum Gasteiger partial charge on any atom is -0.501 e. The third-order valence-corrected chi connectivity index (χ3v) is 11.9. The molecule has 65 heavy (non-hydrogen) atoms. The number of pyridine rings is 1. The van der Waals surface area contributed by atoms with E-state index >= 15 is 0 Å². The van der Waals surface area contributed by atoms with E-state index in [9.17, 15) is 0 Å². The van der Waals surface area contributed by atoms with Crippen LogP contribution in [0, 0.1) is 25.8 Å². The largest absolute Gasteiger partial charge is 0.501 e. The number of imidazole rings is 1. The maximum Gasteiger partial charge on any atom is 0.121 e. The molecular weight excluding hydrogens is 971 g/mol. The van der Waals surface area contributed by atoms with Gasteiger partial charge in [-0.3, -0.25) is 4.98 Å². The predicted octanol–water partition coefficient (Wildman–Crippen LogP) is 16.4. The molecule has 0 N–H and O–H groups in total. The van der Waals surface area contributed by atoms with Gasteiger partial charge in [0, 0.05) is 45.6 Å². The molecule has 0 fully saturated rings. The summed E-state index contributed by atoms with van der Waals surface area (Å²) in [5.74, 6) is 1.41. The van der Waals surface area contributed by atoms with Crippen LogP contribution >= 0.6 is 0 Å². The molecule has 0 amide bonds. The average molecular weight is 1030 g/mol. The van der Waals surface area contributed by atoms with Crippen molar-refractivity contribution in [2.45, 2.75) is 79.4 Å². The van der Waals surface area contributed by atoms with Crippen molar-refractivity contribution >= 4 is 33.0 Å². The molecule has 0 saturated carbocycles. The van der Waals surface area contributed by atoms with Gasteiger partial charge in [-0.25, -0.2) is 0 Å². The van der Waals surface area contributed by atoms with E-state index in [2.05, 4.69) is 165 Å². The molecule has 10 rings (SSSR count). The van der Waals surface area contributed by atoms with E-state index in [1.807, 2.05) is 32.9 Å². The Bertz CT molecular complexity index is 3470. The van der Waals surface area contributed by atoms with Crippen LogP contribution in [-0.4, -0.2) is 14.5 Å². The zero-order chi connectivity index (χ0) is 49.7. The number of rotatable bonds is 7. The molecule has 0 aliphatic carbocycles. The summed E-state index contributed by atoms with van der Waals surface area (Å²) in [6.45, 7) is 10.6. The second kappa shape index (κ2) is 18.6. The van der Waals surface area contributed by atoms with Crippen LogP contribution in [0.1, 0.15) is 96.3 Å². The summed E-state index contributed by atoms with van der Waals surface area (Å²) in [5.41, 5.74) is 15.1. The Kier molecular flexibility index (Phi) is 10.9. The number of fused-ring (bicyclic) bond motifs is 4. The normalized spacial score (nSPS) is 13.4. The molecule has 7 aromatic carbocycles. The average Bonchev–Trinajstić information content (AvgIpc) is 3.92. The van der Waals surface area contributed by atoms with Crippen LogP contribution in [0.2, 0.25) is 0 Å². The van der Waals surface area contributed by atoms with E-state index in [1.54, 1.807) is 12.1 Å². The van der Waals surface area contributed by atoms with Gasteiger partial charge in [0.15, 0.2) is 0 Å². The molecule has 3 aromatic heterocycles. The number of aromatic nitrogens is 3. The van der Waals surface area contributed by atoms with Crippen molar-refractivity contribution in [2.24, 2.45) is 0 Å². The Hall–Kier alpha value is -6.39. The zero-order valence-corrected chi connectivity index (χ0v) is 40.1. The van der Waals surface area contributed by atoms with Gasteiger partial charge in [-0.1, -0.05) is 157 Å². The maximum atomic E-state index is 7.69. The van der Waals surface area contributed by atoms with Gasteiger partial charge in [-0.05, 0) is 105 Å². The third-order valence-electron chi connectivity index (χ3n) is 11.9. The van der Waals surface area contributed by atoms with Gasteiger partial charge in [-0.2, -0.15) is 0 Å². The van der Waals surface area contributed by atoms with Crippen LogP contribution in [0.4, 0.5) is 0 Å². The molecule has 0 aliphatic heterocycles. The fourth-order valence-corrected chi connectivity index (χ4v) is 8.56. The molecule has 3 heterocycles. The molecule has 0 aliphatic rings. The van der Waals surface area contributed by atoms with Crippen molar-refractivity contribution < 1.29 is 32.7 Å². The van der Waals surface area contributed by atoms with E-state index in [0.29, 0.717) is 16.8 Å². The maximum absolute atomic E-state index is 7.69. The van der Waals surface area contributed by atoms with E-state index in [-0.39, 0.29) is 48.5 Å². The fourth-order valence-electron chi connectivity index (χ4n) is 8.56. The summed E-state index contributed by atoms with van der Waals surface area (Å²) in [6.07, 6.45) is 1.38. The summed E-state index contributed by atoms with van der Waals surface area (Å²) in [5, 5.41) is 2.15. The Morgan fingerprint density at radius 1 is 0.662 bits per heavy atom. The molecule has 0 atom stereocenters. The topological polar surface area (TPSA) is 43.9 Å². The van der Waals surface area contributed by atoms with Crippen LogP contribution in [-0.2, 0) is 25.5 Å². The van der Waals surface area contributed by atoms with Crippen molar-refractivity contribution in [3.05, 3.63) is 198 Å². The number of benzene rings is 7. The molecule has 5 heteroatoms. The first-order chi connectivity index (χ1) is 33.3. The van der Waals surface area contributed by atoms with E-state index in [1.165, 1.54) is 51.8 Å². The Morgan fingerprint density at radius 2 is 1.34 bits per heavy atom. The summed E-state index contributed by atoms with van der Waals surface area (Å²) in [6, 6.07) is 57.8. The predicted molar refractivity (Wildman–Crippen MR) is 268 cm³/mol. The number of aryl methyl sites for hydroxylation is 2. The van der Waals surface area contributed by atoms with Gasteiger partial charge in [0.2, 0.25) is 0 Å². The number of para-hydroxylation sites is 2. The quantitative estimate of drug-likeness (QED) is 0.149. The van der Waals surface area contributed by atoms with Crippen LogP contribution in [0.15, 0.2) is 162 Å². The number of hydrogen-bond donors (Lipinski definition) is 0. The zero-order valence-electron chi connectivity index (χ0n) is 43.7. The molecule has 0 bridgehead atoms. The first-order valence-electron chi connectivity index (χ1n) is 25.0. The van der Waals surface area contributed by atoms with Gasteiger partial charge in [0.05, 0.1) is 22.4 Å². The molecule has 0 unspecified atom stereocenters. The van der Waals surface area contributed by atoms with E-state index in [0.717, 1.165) is 49.9 Å². The molecule has 1 radical (unpaired) electrons. The summed E-state index contributed by atoms with van der Waals surface area (Å²) >= 11 is 0. The smallest absolute Gasteiger partial charge is 0.121 e. The van der Waals surface area contributed by atoms with Crippen molar-refractivity contribution in [3.63, 3.8) is 0 Å². The molecule has 0 saturated heterocycles. The minimum atomic E-state index is -2.23. The van der Waals surface area contributed by atoms with E-state index in [4.69, 9.17) is 17.6 Å². The second-order valence-electron chi connectivity index (χ2n) is 18.1. The Morgan fingerprint density at radius 3 is 1.97 bits per heavy atom. The van der Waals surface area contributed by atoms with Crippen LogP contribution in [0.3, 0.4) is 0 Å². The molecular formula is C60H55IrN3O-2.